The number of nitrogens with zero attached hydrogens (tertiary/aromatic N) is 1. The Morgan fingerprint density at radius 1 is 1.26 bits per heavy atom. The number of carbonyl (C=O) groups is 2. The molecule has 6 nitrogen and oxygen atoms in total. The fourth-order valence-corrected chi connectivity index (χ4v) is 3.02. The Morgan fingerprint density at radius 2 is 2.11 bits per heavy atom. The van der Waals surface area contributed by atoms with Gasteiger partial charge in [0, 0.05) is 25.7 Å². The van der Waals surface area contributed by atoms with Gasteiger partial charge in [0.1, 0.15) is 0 Å². The number of urea groups is 1. The SMILES string of the molecule is NC(=O)NC[C@H]1CCCCN1C(=O)[C@H]1CCCNC1. The number of primary amides is 1. The molecule has 0 aromatic heterocycles. The van der Waals surface area contributed by atoms with Gasteiger partial charge in [0.2, 0.25) is 5.91 Å². The van der Waals surface area contributed by atoms with Gasteiger partial charge in [-0.15, -0.1) is 0 Å². The summed E-state index contributed by atoms with van der Waals surface area (Å²) in [4.78, 5) is 25.3. The van der Waals surface area contributed by atoms with Crippen LogP contribution in [0.3, 0.4) is 0 Å². The average molecular weight is 268 g/mol. The summed E-state index contributed by atoms with van der Waals surface area (Å²) >= 11 is 0. The van der Waals surface area contributed by atoms with Crippen molar-refractivity contribution in [3.63, 3.8) is 0 Å². The third kappa shape index (κ3) is 3.83. The third-order valence-electron chi connectivity index (χ3n) is 4.07. The van der Waals surface area contributed by atoms with Gasteiger partial charge in [-0.05, 0) is 38.6 Å². The molecule has 6 heteroatoms. The van der Waals surface area contributed by atoms with Gasteiger partial charge in [-0.3, -0.25) is 4.79 Å². The summed E-state index contributed by atoms with van der Waals surface area (Å²) in [5, 5.41) is 5.91. The predicted octanol–water partition coefficient (Wildman–Crippen LogP) is 0.0354. The number of hydrogen-bond donors (Lipinski definition) is 3. The molecule has 2 atom stereocenters. The van der Waals surface area contributed by atoms with Crippen molar-refractivity contribution in [1.82, 2.24) is 15.5 Å². The van der Waals surface area contributed by atoms with Crippen LogP contribution in [0.4, 0.5) is 4.79 Å². The highest BCUT2D eigenvalue weighted by Crippen LogP contribution is 2.21. The average Bonchev–Trinajstić information content (AvgIpc) is 2.45. The number of rotatable bonds is 3. The van der Waals surface area contributed by atoms with Crippen LogP contribution in [0, 0.1) is 5.92 Å². The summed E-state index contributed by atoms with van der Waals surface area (Å²) in [6, 6.07) is -0.409. The lowest BCUT2D eigenvalue weighted by atomic mass is 9.94. The van der Waals surface area contributed by atoms with Gasteiger partial charge < -0.3 is 21.3 Å². The van der Waals surface area contributed by atoms with Crippen LogP contribution in [-0.4, -0.2) is 49.1 Å². The number of hydrogen-bond acceptors (Lipinski definition) is 3. The Labute approximate surface area is 114 Å². The number of carbonyl (C=O) groups excluding carboxylic acids is 2. The maximum Gasteiger partial charge on any atom is 0.312 e. The molecular weight excluding hydrogens is 244 g/mol. The summed E-state index contributed by atoms with van der Waals surface area (Å²) in [5.74, 6) is 0.339. The van der Waals surface area contributed by atoms with E-state index in [0.29, 0.717) is 6.54 Å². The molecule has 2 fully saturated rings. The van der Waals surface area contributed by atoms with E-state index >= 15 is 0 Å². The first-order chi connectivity index (χ1) is 9.18. The van der Waals surface area contributed by atoms with Crippen LogP contribution >= 0.6 is 0 Å². The molecule has 2 aliphatic rings. The quantitative estimate of drug-likeness (QED) is 0.675. The fraction of sp³-hybridized carbons (Fsp3) is 0.846. The van der Waals surface area contributed by atoms with Crippen LogP contribution in [0.2, 0.25) is 0 Å². The Bertz CT molecular complexity index is 329. The fourth-order valence-electron chi connectivity index (χ4n) is 3.02. The Hall–Kier alpha value is -1.30. The standard InChI is InChI=1S/C13H24N4O2/c14-13(19)16-9-11-5-1-2-7-17(11)12(18)10-4-3-6-15-8-10/h10-11,15H,1-9H2,(H3,14,16,19)/t10-,11+/m0/s1. The highest BCUT2D eigenvalue weighted by molar-refractivity contribution is 5.80. The number of likely N-dealkylation sites (tertiary alicyclic amines) is 1. The molecule has 0 aliphatic carbocycles. The lowest BCUT2D eigenvalue weighted by Gasteiger charge is -2.38. The zero-order valence-electron chi connectivity index (χ0n) is 11.4. The molecule has 2 saturated heterocycles. The smallest absolute Gasteiger partial charge is 0.312 e. The molecule has 19 heavy (non-hydrogen) atoms. The molecule has 2 rings (SSSR count). The summed E-state index contributed by atoms with van der Waals surface area (Å²) in [5.41, 5.74) is 5.11. The van der Waals surface area contributed by atoms with Crippen molar-refractivity contribution in [3.8, 4) is 0 Å². The van der Waals surface area contributed by atoms with Crippen molar-refractivity contribution in [3.05, 3.63) is 0 Å². The van der Waals surface area contributed by atoms with E-state index in [4.69, 9.17) is 5.73 Å². The number of amides is 3. The minimum atomic E-state index is -0.516. The molecule has 0 aromatic carbocycles. The van der Waals surface area contributed by atoms with E-state index < -0.39 is 6.03 Å². The van der Waals surface area contributed by atoms with Gasteiger partial charge in [0.15, 0.2) is 0 Å². The second kappa shape index (κ2) is 6.75. The van der Waals surface area contributed by atoms with E-state index in [1.165, 1.54) is 0 Å². The van der Waals surface area contributed by atoms with Crippen LogP contribution in [0.1, 0.15) is 32.1 Å². The lowest BCUT2D eigenvalue weighted by Crippen LogP contribution is -2.53. The van der Waals surface area contributed by atoms with E-state index in [0.717, 1.165) is 51.7 Å². The molecule has 3 amide bonds. The molecule has 2 heterocycles. The molecule has 108 valence electrons. The van der Waals surface area contributed by atoms with Crippen molar-refractivity contribution >= 4 is 11.9 Å². The van der Waals surface area contributed by atoms with Crippen molar-refractivity contribution in [1.29, 1.82) is 0 Å². The van der Waals surface area contributed by atoms with Crippen molar-refractivity contribution in [2.45, 2.75) is 38.1 Å². The van der Waals surface area contributed by atoms with E-state index in [2.05, 4.69) is 10.6 Å². The van der Waals surface area contributed by atoms with Crippen LogP contribution in [0.15, 0.2) is 0 Å². The number of nitrogens with two attached hydrogens (primary N) is 1. The molecule has 4 N–H and O–H groups in total. The van der Waals surface area contributed by atoms with Gasteiger partial charge in [0.25, 0.3) is 0 Å². The van der Waals surface area contributed by atoms with E-state index in [-0.39, 0.29) is 17.9 Å². The first kappa shape index (κ1) is 14.1. The third-order valence-corrected chi connectivity index (χ3v) is 4.07. The molecule has 0 unspecified atom stereocenters. The van der Waals surface area contributed by atoms with Gasteiger partial charge in [0.05, 0.1) is 5.92 Å². The maximum absolute atomic E-state index is 12.6. The first-order valence-electron chi connectivity index (χ1n) is 7.23. The first-order valence-corrected chi connectivity index (χ1v) is 7.23. The zero-order valence-corrected chi connectivity index (χ0v) is 11.4. The maximum atomic E-state index is 12.6. The van der Waals surface area contributed by atoms with Crippen LogP contribution < -0.4 is 16.4 Å². The molecule has 0 radical (unpaired) electrons. The Balaban J connectivity index is 1.93. The minimum absolute atomic E-state index is 0.0999. The van der Waals surface area contributed by atoms with Crippen molar-refractivity contribution < 1.29 is 9.59 Å². The highest BCUT2D eigenvalue weighted by atomic mass is 16.2. The van der Waals surface area contributed by atoms with E-state index in [1.807, 2.05) is 4.90 Å². The molecule has 2 aliphatic heterocycles. The van der Waals surface area contributed by atoms with Gasteiger partial charge >= 0.3 is 6.03 Å². The van der Waals surface area contributed by atoms with Crippen LogP contribution in [0.5, 0.6) is 0 Å². The van der Waals surface area contributed by atoms with Gasteiger partial charge in [-0.25, -0.2) is 4.79 Å². The molecule has 0 saturated carbocycles. The topological polar surface area (TPSA) is 87.5 Å². The Kier molecular flexibility index (Phi) is 5.01. The zero-order chi connectivity index (χ0) is 13.7. The second-order valence-corrected chi connectivity index (χ2v) is 5.47. The van der Waals surface area contributed by atoms with Crippen molar-refractivity contribution in [2.24, 2.45) is 11.7 Å². The summed E-state index contributed by atoms with van der Waals surface area (Å²) in [6.45, 7) is 3.07. The Morgan fingerprint density at radius 3 is 2.79 bits per heavy atom. The minimum Gasteiger partial charge on any atom is -0.352 e. The molecule has 0 spiro atoms. The highest BCUT2D eigenvalue weighted by Gasteiger charge is 2.32. The number of piperidine rings is 2. The summed E-state index contributed by atoms with van der Waals surface area (Å²) in [7, 11) is 0. The summed E-state index contributed by atoms with van der Waals surface area (Å²) < 4.78 is 0. The predicted molar refractivity (Wildman–Crippen MR) is 72.5 cm³/mol. The molecule has 0 bridgehead atoms. The summed E-state index contributed by atoms with van der Waals surface area (Å²) in [6.07, 6.45) is 5.15. The van der Waals surface area contributed by atoms with Crippen LogP contribution in [-0.2, 0) is 4.79 Å². The monoisotopic (exact) mass is 268 g/mol. The van der Waals surface area contributed by atoms with E-state index in [9.17, 15) is 9.59 Å². The van der Waals surface area contributed by atoms with Gasteiger partial charge in [-0.2, -0.15) is 0 Å². The lowest BCUT2D eigenvalue weighted by molar-refractivity contribution is -0.139. The number of nitrogens with one attached hydrogen (secondary N) is 2. The second-order valence-electron chi connectivity index (χ2n) is 5.47. The van der Waals surface area contributed by atoms with Crippen LogP contribution in [0.25, 0.3) is 0 Å². The normalized spacial score (nSPS) is 27.9. The molecular formula is C13H24N4O2. The molecule has 0 aromatic rings. The van der Waals surface area contributed by atoms with Gasteiger partial charge in [-0.1, -0.05) is 0 Å². The largest absolute Gasteiger partial charge is 0.352 e. The van der Waals surface area contributed by atoms with E-state index in [1.54, 1.807) is 0 Å². The van der Waals surface area contributed by atoms with Crippen molar-refractivity contribution in [2.75, 3.05) is 26.2 Å².